The lowest BCUT2D eigenvalue weighted by Crippen LogP contribution is -2.58. The van der Waals surface area contributed by atoms with Crippen LogP contribution in [0.3, 0.4) is 0 Å². The number of aryl methyl sites for hydroxylation is 2. The average Bonchev–Trinajstić information content (AvgIpc) is 3.51. The van der Waals surface area contributed by atoms with Gasteiger partial charge >= 0.3 is 0 Å². The molecule has 0 radical (unpaired) electrons. The molecule has 288 valence electrons. The van der Waals surface area contributed by atoms with Gasteiger partial charge in [0.05, 0.1) is 0 Å². The molecule has 4 N–H and O–H groups in total. The van der Waals surface area contributed by atoms with E-state index >= 15 is 0 Å². The van der Waals surface area contributed by atoms with Crippen molar-refractivity contribution in [3.05, 3.63) is 82.3 Å². The maximum Gasteiger partial charge on any atom is 0.251 e. The molecule has 14 nitrogen and oxygen atoms in total. The van der Waals surface area contributed by atoms with E-state index in [4.69, 9.17) is 4.98 Å². The predicted molar refractivity (Wildman–Crippen MR) is 207 cm³/mol. The Bertz CT molecular complexity index is 2020. The molecule has 54 heavy (non-hydrogen) atoms. The number of pyridine rings is 3. The SMILES string of the molecule is CNC(O)CC1C(=O)NCCN1C(=O)CCCCn1cc(CN2CCC(NC(=O)c3ccnc(C(C)C)c3)CC2)c2cc(-c3ccc(=O)n(C)c3)cnc21. The Hall–Kier alpha value is -4.92. The Morgan fingerprint density at radius 3 is 2.56 bits per heavy atom. The number of amides is 3. The van der Waals surface area contributed by atoms with Crippen LogP contribution in [0.15, 0.2) is 59.9 Å². The van der Waals surface area contributed by atoms with Crippen molar-refractivity contribution in [1.29, 1.82) is 0 Å². The summed E-state index contributed by atoms with van der Waals surface area (Å²) in [7, 11) is 3.36. The van der Waals surface area contributed by atoms with Gasteiger partial charge in [0.15, 0.2) is 0 Å². The number of carbonyl (C=O) groups excluding carboxylic acids is 3. The minimum Gasteiger partial charge on any atom is -0.379 e. The van der Waals surface area contributed by atoms with Gasteiger partial charge in [-0.2, -0.15) is 0 Å². The van der Waals surface area contributed by atoms with Crippen LogP contribution in [0.1, 0.15) is 79.9 Å². The fourth-order valence-electron chi connectivity index (χ4n) is 7.39. The molecule has 2 saturated heterocycles. The van der Waals surface area contributed by atoms with E-state index in [2.05, 4.69) is 56.5 Å². The van der Waals surface area contributed by atoms with Gasteiger partial charge in [-0.3, -0.25) is 34.4 Å². The average molecular weight is 740 g/mol. The quantitative estimate of drug-likeness (QED) is 0.112. The molecule has 0 aromatic carbocycles. The lowest BCUT2D eigenvalue weighted by molar-refractivity contribution is -0.144. The van der Waals surface area contributed by atoms with Gasteiger partial charge in [-0.25, -0.2) is 4.98 Å². The minimum absolute atomic E-state index is 0.0617. The van der Waals surface area contributed by atoms with E-state index in [9.17, 15) is 24.3 Å². The van der Waals surface area contributed by atoms with Crippen molar-refractivity contribution in [3.8, 4) is 11.1 Å². The first-order valence-electron chi connectivity index (χ1n) is 19.1. The van der Waals surface area contributed by atoms with Gasteiger partial charge in [-0.15, -0.1) is 0 Å². The molecular weight excluding hydrogens is 686 g/mol. The standard InChI is InChI=1S/C40H53N9O5/c1-26(2)33-20-27(10-13-42-33)39(53)45-31-11-16-47(17-12-31)24-30-25-48(38-32(30)19-29(22-44-38)28-8-9-36(51)46(4)23-28)15-6-5-7-37(52)49-18-14-43-40(54)34(49)21-35(50)41-3/h8-10,13,19-20,22-23,25-26,31,34-35,41,50H,5-7,11-12,14-18,21,24H2,1-4H3,(H,43,54)(H,45,53). The number of nitrogens with zero attached hydrogens (tertiary/aromatic N) is 6. The zero-order valence-corrected chi connectivity index (χ0v) is 31.8. The molecule has 6 rings (SSSR count). The number of hydrogen-bond donors (Lipinski definition) is 4. The maximum absolute atomic E-state index is 13.3. The number of rotatable bonds is 14. The number of unbranched alkanes of at least 4 members (excludes halogenated alkanes) is 1. The highest BCUT2D eigenvalue weighted by molar-refractivity contribution is 5.94. The third-order valence-corrected chi connectivity index (χ3v) is 10.6. The lowest BCUT2D eigenvalue weighted by Gasteiger charge is -2.36. The summed E-state index contributed by atoms with van der Waals surface area (Å²) in [5.41, 5.74) is 5.30. The van der Waals surface area contributed by atoms with E-state index < -0.39 is 12.3 Å². The van der Waals surface area contributed by atoms with Crippen molar-refractivity contribution in [2.45, 2.75) is 89.7 Å². The summed E-state index contributed by atoms with van der Waals surface area (Å²) in [4.78, 5) is 64.3. The van der Waals surface area contributed by atoms with Crippen LogP contribution in [0.4, 0.5) is 0 Å². The summed E-state index contributed by atoms with van der Waals surface area (Å²) < 4.78 is 3.72. The summed E-state index contributed by atoms with van der Waals surface area (Å²) in [6.45, 7) is 8.02. The van der Waals surface area contributed by atoms with Crippen LogP contribution in [0.25, 0.3) is 22.2 Å². The molecule has 0 bridgehead atoms. The Morgan fingerprint density at radius 2 is 1.81 bits per heavy atom. The molecule has 2 atom stereocenters. The first-order valence-corrected chi connectivity index (χ1v) is 19.1. The second kappa shape index (κ2) is 17.5. The van der Waals surface area contributed by atoms with E-state index in [0.29, 0.717) is 38.0 Å². The van der Waals surface area contributed by atoms with Crippen LogP contribution in [0, 0.1) is 0 Å². The molecule has 0 aliphatic carbocycles. The molecule has 2 unspecified atom stereocenters. The number of hydrogen-bond acceptors (Lipinski definition) is 9. The molecule has 3 amide bonds. The summed E-state index contributed by atoms with van der Waals surface area (Å²) in [6, 6.07) is 8.57. The zero-order chi connectivity index (χ0) is 38.4. The summed E-state index contributed by atoms with van der Waals surface area (Å²) >= 11 is 0. The van der Waals surface area contributed by atoms with Gasteiger partial charge in [0.1, 0.15) is 17.9 Å². The highest BCUT2D eigenvalue weighted by Gasteiger charge is 2.34. The summed E-state index contributed by atoms with van der Waals surface area (Å²) in [6.07, 6.45) is 10.2. The number of aromatic nitrogens is 4. The summed E-state index contributed by atoms with van der Waals surface area (Å²) in [5, 5.41) is 19.9. The largest absolute Gasteiger partial charge is 0.379 e. The maximum atomic E-state index is 13.3. The molecule has 6 heterocycles. The normalized spacial score (nSPS) is 17.6. The number of aliphatic hydroxyl groups is 1. The fraction of sp³-hybridized carbons (Fsp3) is 0.500. The monoisotopic (exact) mass is 739 g/mol. The number of fused-ring (bicyclic) bond motifs is 1. The highest BCUT2D eigenvalue weighted by atomic mass is 16.3. The number of likely N-dealkylation sites (tertiary alicyclic amines) is 1. The molecule has 4 aromatic rings. The van der Waals surface area contributed by atoms with Crippen molar-refractivity contribution in [2.75, 3.05) is 33.2 Å². The van der Waals surface area contributed by atoms with E-state index in [-0.39, 0.29) is 41.7 Å². The molecule has 2 aliphatic heterocycles. The van der Waals surface area contributed by atoms with Crippen LogP contribution < -0.4 is 21.5 Å². The molecule has 2 aliphatic rings. The Morgan fingerprint density at radius 1 is 1.02 bits per heavy atom. The Balaban J connectivity index is 1.12. The van der Waals surface area contributed by atoms with Crippen LogP contribution in [0.5, 0.6) is 0 Å². The Kier molecular flexibility index (Phi) is 12.6. The van der Waals surface area contributed by atoms with E-state index in [1.807, 2.05) is 24.5 Å². The topological polar surface area (TPSA) is 167 Å². The van der Waals surface area contributed by atoms with Gasteiger partial charge in [0, 0.05) is 118 Å². The highest BCUT2D eigenvalue weighted by Crippen LogP contribution is 2.28. The van der Waals surface area contributed by atoms with Crippen molar-refractivity contribution in [1.82, 2.24) is 44.9 Å². The first kappa shape index (κ1) is 38.8. The van der Waals surface area contributed by atoms with Crippen LogP contribution in [-0.4, -0.2) is 103 Å². The van der Waals surface area contributed by atoms with E-state index in [1.54, 1.807) is 41.9 Å². The minimum atomic E-state index is -0.879. The third-order valence-electron chi connectivity index (χ3n) is 10.6. The Labute approximate surface area is 316 Å². The first-order chi connectivity index (χ1) is 26.0. The predicted octanol–water partition coefficient (Wildman–Crippen LogP) is 2.74. The number of nitrogens with one attached hydrogen (secondary N) is 3. The van der Waals surface area contributed by atoms with Crippen molar-refractivity contribution < 1.29 is 19.5 Å². The number of piperidine rings is 1. The lowest BCUT2D eigenvalue weighted by atomic mass is 10.0. The molecular formula is C40H53N9O5. The van der Waals surface area contributed by atoms with Crippen molar-refractivity contribution in [2.24, 2.45) is 7.05 Å². The number of carbonyl (C=O) groups is 3. The van der Waals surface area contributed by atoms with Gasteiger partial charge < -0.3 is 29.8 Å². The second-order valence-electron chi connectivity index (χ2n) is 14.8. The summed E-state index contributed by atoms with van der Waals surface area (Å²) in [5.74, 6) is -0.139. The van der Waals surface area contributed by atoms with Gasteiger partial charge in [-0.1, -0.05) is 13.8 Å². The molecule has 14 heteroatoms. The van der Waals surface area contributed by atoms with Gasteiger partial charge in [-0.05, 0) is 74.0 Å². The number of aliphatic hydroxyl groups excluding tert-OH is 1. The second-order valence-corrected chi connectivity index (χ2v) is 14.8. The van der Waals surface area contributed by atoms with Gasteiger partial charge in [0.25, 0.3) is 5.91 Å². The zero-order valence-electron chi connectivity index (χ0n) is 31.8. The van der Waals surface area contributed by atoms with E-state index in [1.165, 1.54) is 0 Å². The van der Waals surface area contributed by atoms with Gasteiger partial charge in [0.2, 0.25) is 17.4 Å². The van der Waals surface area contributed by atoms with Crippen LogP contribution >= 0.6 is 0 Å². The third kappa shape index (κ3) is 9.23. The van der Waals surface area contributed by atoms with Crippen LogP contribution in [-0.2, 0) is 29.7 Å². The molecule has 2 fully saturated rings. The number of piperazine rings is 1. The fourth-order valence-corrected chi connectivity index (χ4v) is 7.39. The van der Waals surface area contributed by atoms with Crippen molar-refractivity contribution in [3.63, 3.8) is 0 Å². The molecule has 4 aromatic heterocycles. The van der Waals surface area contributed by atoms with Crippen molar-refractivity contribution >= 4 is 28.8 Å². The molecule has 0 saturated carbocycles. The van der Waals surface area contributed by atoms with E-state index in [0.717, 1.165) is 72.3 Å². The molecule has 0 spiro atoms. The smallest absolute Gasteiger partial charge is 0.251 e. The van der Waals surface area contributed by atoms with Crippen LogP contribution in [0.2, 0.25) is 0 Å².